The molecule has 0 aliphatic rings. The van der Waals surface area contributed by atoms with Gasteiger partial charge in [-0.05, 0) is 109 Å². The molecule has 0 bridgehead atoms. The summed E-state index contributed by atoms with van der Waals surface area (Å²) in [6.07, 6.45) is 11.1. The van der Waals surface area contributed by atoms with E-state index in [-0.39, 0.29) is 0 Å². The van der Waals surface area contributed by atoms with Crippen LogP contribution in [-0.2, 0) is 12.8 Å². The van der Waals surface area contributed by atoms with Crippen LogP contribution in [0.15, 0.2) is 49.6 Å². The Balaban J connectivity index is 0.000000384. The van der Waals surface area contributed by atoms with E-state index in [1.54, 1.807) is 5.56 Å². The van der Waals surface area contributed by atoms with Crippen LogP contribution in [0.3, 0.4) is 0 Å². The Labute approximate surface area is 231 Å². The van der Waals surface area contributed by atoms with E-state index in [1.165, 1.54) is 78.3 Å². The third-order valence-electron chi connectivity index (χ3n) is 8.07. The Hall–Kier alpha value is -2.08. The van der Waals surface area contributed by atoms with Crippen LogP contribution in [0.4, 0.5) is 0 Å². The summed E-state index contributed by atoms with van der Waals surface area (Å²) < 4.78 is 0. The number of hydrogen-bond acceptors (Lipinski definition) is 0. The molecule has 0 atom stereocenters. The maximum absolute atomic E-state index is 4.37. The molecule has 0 radical (unpaired) electrons. The number of hydrogen-bond donors (Lipinski definition) is 0. The molecule has 37 heavy (non-hydrogen) atoms. The average Bonchev–Trinajstić information content (AvgIpc) is 2.85. The lowest BCUT2D eigenvalue weighted by atomic mass is 9.72. The molecule has 2 aromatic carbocycles. The lowest BCUT2D eigenvalue weighted by Gasteiger charge is -2.33. The molecule has 0 heteroatoms. The summed E-state index contributed by atoms with van der Waals surface area (Å²) in [6, 6.07) is 13.4. The predicted octanol–water partition coefficient (Wildman–Crippen LogP) is 12.0. The second-order valence-corrected chi connectivity index (χ2v) is 12.6. The quantitative estimate of drug-likeness (QED) is 0.271. The fraction of sp³-hybridized carbons (Fsp3) is 0.568. The summed E-state index contributed by atoms with van der Waals surface area (Å²) in [5.74, 6) is 0. The number of rotatable bonds is 12. The monoisotopic (exact) mass is 502 g/mol. The summed E-state index contributed by atoms with van der Waals surface area (Å²) in [5.41, 5.74) is 11.7. The van der Waals surface area contributed by atoms with Crippen LogP contribution in [0, 0.1) is 24.7 Å². The molecular weight excluding hydrogens is 444 g/mol. The van der Waals surface area contributed by atoms with Gasteiger partial charge in [-0.25, -0.2) is 0 Å². The normalized spacial score (nSPS) is 11.6. The van der Waals surface area contributed by atoms with Gasteiger partial charge in [-0.15, -0.1) is 0 Å². The highest BCUT2D eigenvalue weighted by Crippen LogP contribution is 2.41. The third-order valence-corrected chi connectivity index (χ3v) is 8.07. The first kappa shape index (κ1) is 32.9. The maximum atomic E-state index is 4.37. The van der Waals surface area contributed by atoms with E-state index >= 15 is 0 Å². The summed E-state index contributed by atoms with van der Waals surface area (Å²) >= 11 is 0. The fourth-order valence-electron chi connectivity index (χ4n) is 5.37. The zero-order valence-corrected chi connectivity index (χ0v) is 26.2. The van der Waals surface area contributed by atoms with Crippen LogP contribution >= 0.6 is 0 Å². The summed E-state index contributed by atoms with van der Waals surface area (Å²) in [7, 11) is 0. The highest BCUT2D eigenvalue weighted by atomic mass is 14.3. The number of aryl methyl sites for hydroxylation is 3. The molecule has 0 amide bonds. The van der Waals surface area contributed by atoms with E-state index in [2.05, 4.69) is 119 Å². The second-order valence-electron chi connectivity index (χ2n) is 12.6. The number of allylic oxidation sites excluding steroid dienone is 2. The molecule has 2 aromatic rings. The van der Waals surface area contributed by atoms with Gasteiger partial charge >= 0.3 is 0 Å². The zero-order chi connectivity index (χ0) is 28.2. The molecule has 0 N–H and O–H groups in total. The Morgan fingerprint density at radius 3 is 1.76 bits per heavy atom. The van der Waals surface area contributed by atoms with Crippen LogP contribution in [0.2, 0.25) is 0 Å². The van der Waals surface area contributed by atoms with E-state index in [1.807, 2.05) is 0 Å². The van der Waals surface area contributed by atoms with E-state index in [0.717, 1.165) is 18.4 Å². The first-order valence-electron chi connectivity index (χ1n) is 14.8. The maximum Gasteiger partial charge on any atom is -0.0222 e. The molecule has 0 spiro atoms. The SMILES string of the molecule is C=C(C)c1ccc(C(=C)CC(CC)(CCC)CCC)cc1.CCc1cc(C)c(C)c(CCC(C)(C)C)c1. The standard InChI is InChI=1S/C21H32.C16H26/c1-7-14-21(9-3,15-8-2)16-18(6)20-12-10-19(11-13-20)17(4)5;1-7-14-10-12(2)13(3)15(11-14)8-9-16(4,5)6/h10-13H,4,6-9,14-16H2,1-3,5H3;10-11H,7-9H2,1-6H3. The van der Waals surface area contributed by atoms with Gasteiger partial charge in [-0.3, -0.25) is 0 Å². The number of benzene rings is 2. The minimum atomic E-state index is 0.433. The molecule has 0 nitrogen and oxygen atoms in total. The van der Waals surface area contributed by atoms with Crippen LogP contribution in [0.1, 0.15) is 134 Å². The van der Waals surface area contributed by atoms with E-state index < -0.39 is 0 Å². The van der Waals surface area contributed by atoms with Crippen molar-refractivity contribution < 1.29 is 0 Å². The van der Waals surface area contributed by atoms with E-state index in [9.17, 15) is 0 Å². The minimum Gasteiger partial charge on any atom is -0.0955 e. The molecule has 0 fully saturated rings. The van der Waals surface area contributed by atoms with Crippen LogP contribution in [0.5, 0.6) is 0 Å². The topological polar surface area (TPSA) is 0 Å². The van der Waals surface area contributed by atoms with Crippen molar-refractivity contribution in [1.82, 2.24) is 0 Å². The van der Waals surface area contributed by atoms with Crippen molar-refractivity contribution >= 4 is 11.1 Å². The molecule has 0 heterocycles. The van der Waals surface area contributed by atoms with Crippen LogP contribution in [-0.4, -0.2) is 0 Å². The fourth-order valence-corrected chi connectivity index (χ4v) is 5.37. The van der Waals surface area contributed by atoms with Gasteiger partial charge in [0.1, 0.15) is 0 Å². The minimum absolute atomic E-state index is 0.433. The second kappa shape index (κ2) is 15.4. The molecule has 2 rings (SSSR count). The van der Waals surface area contributed by atoms with Gasteiger partial charge in [0.05, 0.1) is 0 Å². The predicted molar refractivity (Wildman–Crippen MR) is 170 cm³/mol. The first-order valence-corrected chi connectivity index (χ1v) is 14.8. The average molecular weight is 503 g/mol. The summed E-state index contributed by atoms with van der Waals surface area (Å²) in [5, 5.41) is 0. The van der Waals surface area contributed by atoms with Gasteiger partial charge in [0.2, 0.25) is 0 Å². The van der Waals surface area contributed by atoms with Gasteiger partial charge in [0.25, 0.3) is 0 Å². The zero-order valence-electron chi connectivity index (χ0n) is 26.2. The molecular formula is C37H58. The van der Waals surface area contributed by atoms with Crippen LogP contribution < -0.4 is 0 Å². The van der Waals surface area contributed by atoms with Crippen molar-refractivity contribution in [2.45, 2.75) is 127 Å². The smallest absolute Gasteiger partial charge is 0.0222 e. The molecule has 0 unspecified atom stereocenters. The van der Waals surface area contributed by atoms with Crippen molar-refractivity contribution in [2.24, 2.45) is 10.8 Å². The molecule has 206 valence electrons. The molecule has 0 saturated heterocycles. The summed E-state index contributed by atoms with van der Waals surface area (Å²) in [6.45, 7) is 31.0. The van der Waals surface area contributed by atoms with Crippen molar-refractivity contribution in [3.63, 3.8) is 0 Å². The van der Waals surface area contributed by atoms with Gasteiger partial charge in [-0.2, -0.15) is 0 Å². The van der Waals surface area contributed by atoms with Gasteiger partial charge in [0, 0.05) is 0 Å². The highest BCUT2D eigenvalue weighted by molar-refractivity contribution is 5.68. The van der Waals surface area contributed by atoms with E-state index in [0.29, 0.717) is 10.8 Å². The van der Waals surface area contributed by atoms with Gasteiger partial charge in [-0.1, -0.05) is 123 Å². The van der Waals surface area contributed by atoms with Crippen molar-refractivity contribution in [1.29, 1.82) is 0 Å². The molecule has 0 aromatic heterocycles. The molecule has 0 aliphatic carbocycles. The Morgan fingerprint density at radius 1 is 0.784 bits per heavy atom. The van der Waals surface area contributed by atoms with Crippen molar-refractivity contribution in [2.75, 3.05) is 0 Å². The molecule has 0 aliphatic heterocycles. The summed E-state index contributed by atoms with van der Waals surface area (Å²) in [4.78, 5) is 0. The van der Waals surface area contributed by atoms with Gasteiger partial charge < -0.3 is 0 Å². The Morgan fingerprint density at radius 2 is 1.32 bits per heavy atom. The Kier molecular flexibility index (Phi) is 13.7. The highest BCUT2D eigenvalue weighted by Gasteiger charge is 2.27. The largest absolute Gasteiger partial charge is 0.0955 e. The lowest BCUT2D eigenvalue weighted by Crippen LogP contribution is -2.20. The lowest BCUT2D eigenvalue weighted by molar-refractivity contribution is 0.231. The van der Waals surface area contributed by atoms with Crippen molar-refractivity contribution in [3.8, 4) is 0 Å². The first-order chi connectivity index (χ1) is 17.3. The molecule has 0 saturated carbocycles. The van der Waals surface area contributed by atoms with Crippen molar-refractivity contribution in [3.05, 3.63) is 82.9 Å². The van der Waals surface area contributed by atoms with Crippen LogP contribution in [0.25, 0.3) is 11.1 Å². The van der Waals surface area contributed by atoms with Gasteiger partial charge in [0.15, 0.2) is 0 Å². The van der Waals surface area contributed by atoms with E-state index in [4.69, 9.17) is 0 Å². The Bertz CT molecular complexity index is 972. The third kappa shape index (κ3) is 11.1.